The first kappa shape index (κ1) is 33.2. The fraction of sp³-hybridized carbons (Fsp3) is 0.455. The maximum Gasteiger partial charge on any atom is 0.514 e. The third-order valence-electron chi connectivity index (χ3n) is 6.63. The summed E-state index contributed by atoms with van der Waals surface area (Å²) in [5, 5.41) is 2.69. The van der Waals surface area contributed by atoms with Crippen LogP contribution in [0.25, 0.3) is 0 Å². The Morgan fingerprint density at radius 3 is 2.30 bits per heavy atom. The maximum atomic E-state index is 13.6. The molecule has 232 valence electrons. The van der Waals surface area contributed by atoms with E-state index < -0.39 is 41.9 Å². The lowest BCUT2D eigenvalue weighted by Crippen LogP contribution is -2.50. The van der Waals surface area contributed by atoms with Gasteiger partial charge in [-0.3, -0.25) is 0 Å². The van der Waals surface area contributed by atoms with Gasteiger partial charge in [0.25, 0.3) is 0 Å². The smallest absolute Gasteiger partial charge is 0.458 e. The Balaban J connectivity index is 1.80. The van der Waals surface area contributed by atoms with E-state index >= 15 is 0 Å². The molecule has 1 aliphatic rings. The van der Waals surface area contributed by atoms with Crippen LogP contribution in [0.4, 0.5) is 9.59 Å². The molecule has 0 heterocycles. The highest BCUT2D eigenvalue weighted by Crippen LogP contribution is 2.28. The van der Waals surface area contributed by atoms with Crippen molar-refractivity contribution < 1.29 is 42.9 Å². The van der Waals surface area contributed by atoms with Gasteiger partial charge in [0.2, 0.25) is 6.10 Å². The van der Waals surface area contributed by atoms with Crippen molar-refractivity contribution >= 4 is 24.2 Å². The molecule has 1 N–H and O–H groups in total. The molecule has 1 unspecified atom stereocenters. The van der Waals surface area contributed by atoms with E-state index in [4.69, 9.17) is 23.7 Å². The van der Waals surface area contributed by atoms with Crippen LogP contribution in [0, 0.1) is 5.92 Å². The highest BCUT2D eigenvalue weighted by atomic mass is 16.7. The fourth-order valence-corrected chi connectivity index (χ4v) is 4.68. The molecule has 3 rings (SSSR count). The molecule has 1 saturated carbocycles. The van der Waals surface area contributed by atoms with Crippen molar-refractivity contribution in [3.63, 3.8) is 0 Å². The fourth-order valence-electron chi connectivity index (χ4n) is 4.68. The molecule has 0 aliphatic heterocycles. The van der Waals surface area contributed by atoms with E-state index in [2.05, 4.69) is 11.9 Å². The van der Waals surface area contributed by atoms with Crippen LogP contribution in [0.3, 0.4) is 0 Å². The van der Waals surface area contributed by atoms with Crippen molar-refractivity contribution in [2.75, 3.05) is 6.61 Å². The van der Waals surface area contributed by atoms with E-state index in [1.807, 2.05) is 30.3 Å². The number of amides is 1. The number of nitrogens with one attached hydrogen (secondary N) is 1. The summed E-state index contributed by atoms with van der Waals surface area (Å²) in [6.45, 7) is 8.65. The van der Waals surface area contributed by atoms with Gasteiger partial charge in [-0.1, -0.05) is 74.4 Å². The van der Waals surface area contributed by atoms with E-state index in [0.717, 1.165) is 37.7 Å². The highest BCUT2D eigenvalue weighted by molar-refractivity contribution is 5.85. The highest BCUT2D eigenvalue weighted by Gasteiger charge is 2.36. The Kier molecular flexibility index (Phi) is 12.6. The van der Waals surface area contributed by atoms with Crippen LogP contribution < -0.4 is 10.1 Å². The summed E-state index contributed by atoms with van der Waals surface area (Å²) in [5.74, 6) is -1.50. The molecule has 10 heteroatoms. The van der Waals surface area contributed by atoms with E-state index in [-0.39, 0.29) is 31.3 Å². The zero-order chi connectivity index (χ0) is 31.2. The zero-order valence-electron chi connectivity index (χ0n) is 25.0. The second-order valence-electron chi connectivity index (χ2n) is 11.3. The molecular formula is C33H41NO9. The van der Waals surface area contributed by atoms with Crippen LogP contribution in [-0.2, 0) is 41.6 Å². The van der Waals surface area contributed by atoms with Gasteiger partial charge >= 0.3 is 24.2 Å². The van der Waals surface area contributed by atoms with Gasteiger partial charge in [-0.05, 0) is 62.8 Å². The second-order valence-corrected chi connectivity index (χ2v) is 11.3. The number of rotatable bonds is 12. The Hall–Kier alpha value is -4.34. The monoisotopic (exact) mass is 595 g/mol. The zero-order valence-corrected chi connectivity index (χ0v) is 25.0. The molecule has 2 aromatic rings. The first-order valence-corrected chi connectivity index (χ1v) is 14.5. The average molecular weight is 596 g/mol. The quantitative estimate of drug-likeness (QED) is 0.135. The van der Waals surface area contributed by atoms with Gasteiger partial charge in [-0.25, -0.2) is 19.2 Å². The summed E-state index contributed by atoms with van der Waals surface area (Å²) in [6, 6.07) is 14.5. The topological polar surface area (TPSA) is 126 Å². The van der Waals surface area contributed by atoms with Crippen LogP contribution >= 0.6 is 0 Å². The second kappa shape index (κ2) is 16.3. The Morgan fingerprint density at radius 2 is 1.63 bits per heavy atom. The minimum atomic E-state index is -1.34. The lowest BCUT2D eigenvalue weighted by molar-refractivity contribution is -0.170. The lowest BCUT2D eigenvalue weighted by Gasteiger charge is -2.31. The minimum absolute atomic E-state index is 0.0106. The summed E-state index contributed by atoms with van der Waals surface area (Å²) < 4.78 is 26.8. The van der Waals surface area contributed by atoms with Crippen molar-refractivity contribution in [3.05, 3.63) is 78.4 Å². The number of carbonyl (C=O) groups excluding carboxylic acids is 4. The maximum absolute atomic E-state index is 13.6. The van der Waals surface area contributed by atoms with Crippen molar-refractivity contribution in [1.29, 1.82) is 0 Å². The van der Waals surface area contributed by atoms with Crippen LogP contribution in [0.1, 0.15) is 64.0 Å². The lowest BCUT2D eigenvalue weighted by atomic mass is 9.84. The van der Waals surface area contributed by atoms with Crippen molar-refractivity contribution in [2.45, 2.75) is 83.6 Å². The molecule has 43 heavy (non-hydrogen) atoms. The van der Waals surface area contributed by atoms with Gasteiger partial charge in [-0.2, -0.15) is 0 Å². The standard InChI is InChI=1S/C33H41NO9/c1-5-19-39-32(38)41-26-18-12-15-24(20-26)21-27(29(35)40-22-23-13-8-6-9-14-23)42-30(36)28(25-16-10-7-11-17-25)34-31(37)43-33(2,3)4/h5-6,8-9,12-15,18,20,25,27-28H,1,7,10-11,16-17,19,21-22H2,2-4H3,(H,34,37)/t27?,28-/m0/s1. The average Bonchev–Trinajstić information content (AvgIpc) is 2.97. The van der Waals surface area contributed by atoms with Crippen LogP contribution in [0.15, 0.2) is 67.3 Å². The predicted octanol–water partition coefficient (Wildman–Crippen LogP) is 6.06. The predicted molar refractivity (Wildman–Crippen MR) is 158 cm³/mol. The van der Waals surface area contributed by atoms with Gasteiger partial charge in [0, 0.05) is 6.42 Å². The summed E-state index contributed by atoms with van der Waals surface area (Å²) >= 11 is 0. The van der Waals surface area contributed by atoms with E-state index in [9.17, 15) is 19.2 Å². The molecule has 1 amide bonds. The molecule has 1 fully saturated rings. The molecule has 2 atom stereocenters. The number of hydrogen-bond donors (Lipinski definition) is 1. The molecule has 0 aromatic heterocycles. The molecule has 0 saturated heterocycles. The van der Waals surface area contributed by atoms with Gasteiger partial charge in [0.05, 0.1) is 0 Å². The third kappa shape index (κ3) is 11.8. The molecule has 10 nitrogen and oxygen atoms in total. The number of esters is 2. The van der Waals surface area contributed by atoms with Gasteiger partial charge in [0.15, 0.2) is 0 Å². The van der Waals surface area contributed by atoms with Crippen molar-refractivity contribution in [2.24, 2.45) is 5.92 Å². The van der Waals surface area contributed by atoms with Crippen molar-refractivity contribution in [1.82, 2.24) is 5.32 Å². The first-order chi connectivity index (χ1) is 20.5. The van der Waals surface area contributed by atoms with E-state index in [1.54, 1.807) is 39.0 Å². The molecular weight excluding hydrogens is 554 g/mol. The summed E-state index contributed by atoms with van der Waals surface area (Å²) in [5.41, 5.74) is 0.541. The number of carbonyl (C=O) groups is 4. The Morgan fingerprint density at radius 1 is 0.930 bits per heavy atom. The van der Waals surface area contributed by atoms with Gasteiger partial charge < -0.3 is 29.0 Å². The Labute approximate surface area is 252 Å². The largest absolute Gasteiger partial charge is 0.514 e. The molecule has 0 spiro atoms. The molecule has 1 aliphatic carbocycles. The van der Waals surface area contributed by atoms with Crippen LogP contribution in [0.2, 0.25) is 0 Å². The van der Waals surface area contributed by atoms with E-state index in [0.29, 0.717) is 5.56 Å². The van der Waals surface area contributed by atoms with E-state index in [1.165, 1.54) is 12.1 Å². The Bertz CT molecular complexity index is 1230. The summed E-state index contributed by atoms with van der Waals surface area (Å²) in [6.07, 6.45) is 2.66. The number of benzene rings is 2. The first-order valence-electron chi connectivity index (χ1n) is 14.5. The summed E-state index contributed by atoms with van der Waals surface area (Å²) in [4.78, 5) is 51.5. The molecule has 0 radical (unpaired) electrons. The molecule has 2 aromatic carbocycles. The van der Waals surface area contributed by atoms with Crippen LogP contribution in [-0.4, -0.2) is 48.5 Å². The van der Waals surface area contributed by atoms with Crippen LogP contribution in [0.5, 0.6) is 5.75 Å². The summed E-state index contributed by atoms with van der Waals surface area (Å²) in [7, 11) is 0. The number of hydrogen-bond acceptors (Lipinski definition) is 9. The SMILES string of the molecule is C=CCOC(=O)Oc1cccc(CC(OC(=O)[C@@H](NC(=O)OC(C)(C)C)C2CCCCC2)C(=O)OCc2ccccc2)c1. The normalized spacial score (nSPS) is 14.9. The minimum Gasteiger partial charge on any atom is -0.458 e. The third-order valence-corrected chi connectivity index (χ3v) is 6.63. The number of alkyl carbamates (subject to hydrolysis) is 1. The van der Waals surface area contributed by atoms with Gasteiger partial charge in [-0.15, -0.1) is 0 Å². The van der Waals surface area contributed by atoms with Crippen molar-refractivity contribution in [3.8, 4) is 5.75 Å². The molecule has 0 bridgehead atoms. The van der Waals surface area contributed by atoms with Gasteiger partial charge in [0.1, 0.15) is 30.6 Å². The number of ether oxygens (including phenoxy) is 5.